The van der Waals surface area contributed by atoms with E-state index in [0.717, 1.165) is 0 Å². The Bertz CT molecular complexity index is 446. The van der Waals surface area contributed by atoms with Gasteiger partial charge in [0, 0.05) is 0 Å². The summed E-state index contributed by atoms with van der Waals surface area (Å²) in [6.45, 7) is 5.24. The van der Waals surface area contributed by atoms with Crippen molar-refractivity contribution in [3.05, 3.63) is 41.5 Å². The number of aromatic carboxylic acids is 2. The fourth-order valence-electron chi connectivity index (χ4n) is 1.22. The Balaban J connectivity index is 3.40. The molecular formula is C11H10O4. The first-order valence-corrected chi connectivity index (χ1v) is 4.20. The van der Waals surface area contributed by atoms with Gasteiger partial charge in [0.25, 0.3) is 0 Å². The molecule has 0 radical (unpaired) electrons. The average molecular weight is 206 g/mol. The summed E-state index contributed by atoms with van der Waals surface area (Å²) in [5.74, 6) is -2.18. The predicted octanol–water partition coefficient (Wildman–Crippen LogP) is 2.12. The maximum absolute atomic E-state index is 10.8. The molecule has 2 N–H and O–H groups in total. The number of carboxylic acids is 2. The summed E-state index contributed by atoms with van der Waals surface area (Å²) in [4.78, 5) is 21.5. The molecule has 0 unspecified atom stereocenters. The van der Waals surface area contributed by atoms with Crippen LogP contribution in [0, 0.1) is 0 Å². The molecule has 0 aromatic heterocycles. The second kappa shape index (κ2) is 3.96. The summed E-state index contributed by atoms with van der Waals surface area (Å²) in [7, 11) is 0. The van der Waals surface area contributed by atoms with Crippen LogP contribution in [0.25, 0.3) is 5.57 Å². The standard InChI is InChI=1S/C11H10O4/c1-6(2)9-5-7(10(12)13)3-4-8(9)11(14)15/h3-5H,1H2,2H3,(H,12,13)(H,14,15). The molecule has 4 nitrogen and oxygen atoms in total. The van der Waals surface area contributed by atoms with Crippen molar-refractivity contribution in [2.75, 3.05) is 0 Å². The minimum atomic E-state index is -1.09. The number of hydrogen-bond acceptors (Lipinski definition) is 2. The van der Waals surface area contributed by atoms with Crippen LogP contribution in [0.5, 0.6) is 0 Å². The summed E-state index contributed by atoms with van der Waals surface area (Å²) in [6, 6.07) is 3.85. The van der Waals surface area contributed by atoms with Crippen molar-refractivity contribution >= 4 is 17.5 Å². The highest BCUT2D eigenvalue weighted by Gasteiger charge is 2.13. The monoisotopic (exact) mass is 206 g/mol. The lowest BCUT2D eigenvalue weighted by atomic mass is 9.99. The Labute approximate surface area is 86.5 Å². The van der Waals surface area contributed by atoms with E-state index < -0.39 is 11.9 Å². The molecule has 0 aliphatic heterocycles. The lowest BCUT2D eigenvalue weighted by Crippen LogP contribution is -2.04. The van der Waals surface area contributed by atoms with E-state index in [4.69, 9.17) is 10.2 Å². The second-order valence-electron chi connectivity index (χ2n) is 3.15. The van der Waals surface area contributed by atoms with Gasteiger partial charge in [0.05, 0.1) is 11.1 Å². The van der Waals surface area contributed by atoms with Gasteiger partial charge in [-0.2, -0.15) is 0 Å². The van der Waals surface area contributed by atoms with Crippen molar-refractivity contribution in [3.63, 3.8) is 0 Å². The molecule has 0 spiro atoms. The van der Waals surface area contributed by atoms with Crippen LogP contribution in [-0.2, 0) is 0 Å². The van der Waals surface area contributed by atoms with E-state index in [1.165, 1.54) is 18.2 Å². The van der Waals surface area contributed by atoms with Gasteiger partial charge in [-0.05, 0) is 30.7 Å². The highest BCUT2D eigenvalue weighted by molar-refractivity contribution is 5.96. The van der Waals surface area contributed by atoms with Gasteiger partial charge in [-0.15, -0.1) is 0 Å². The molecule has 0 saturated heterocycles. The highest BCUT2D eigenvalue weighted by atomic mass is 16.4. The SMILES string of the molecule is C=C(C)c1cc(C(=O)O)ccc1C(=O)O. The maximum atomic E-state index is 10.8. The van der Waals surface area contributed by atoms with Crippen LogP contribution in [0.3, 0.4) is 0 Å². The van der Waals surface area contributed by atoms with Gasteiger partial charge in [0.1, 0.15) is 0 Å². The van der Waals surface area contributed by atoms with E-state index >= 15 is 0 Å². The zero-order chi connectivity index (χ0) is 11.6. The molecule has 1 rings (SSSR count). The molecular weight excluding hydrogens is 196 g/mol. The second-order valence-corrected chi connectivity index (χ2v) is 3.15. The largest absolute Gasteiger partial charge is 0.478 e. The number of allylic oxidation sites excluding steroid dienone is 1. The van der Waals surface area contributed by atoms with Crippen LogP contribution in [-0.4, -0.2) is 22.2 Å². The maximum Gasteiger partial charge on any atom is 0.336 e. The van der Waals surface area contributed by atoms with Crippen LogP contribution in [0.15, 0.2) is 24.8 Å². The first kappa shape index (κ1) is 11.0. The third-order valence-corrected chi connectivity index (χ3v) is 1.96. The van der Waals surface area contributed by atoms with Crippen molar-refractivity contribution in [2.45, 2.75) is 6.92 Å². The number of rotatable bonds is 3. The van der Waals surface area contributed by atoms with E-state index in [0.29, 0.717) is 11.1 Å². The van der Waals surface area contributed by atoms with E-state index in [1.54, 1.807) is 6.92 Å². The molecule has 0 saturated carbocycles. The molecule has 0 atom stereocenters. The molecule has 1 aromatic carbocycles. The molecule has 0 heterocycles. The van der Waals surface area contributed by atoms with Gasteiger partial charge >= 0.3 is 11.9 Å². The van der Waals surface area contributed by atoms with Crippen molar-refractivity contribution in [1.29, 1.82) is 0 Å². The van der Waals surface area contributed by atoms with E-state index in [1.807, 2.05) is 0 Å². The van der Waals surface area contributed by atoms with Crippen LogP contribution in [0.4, 0.5) is 0 Å². The minimum Gasteiger partial charge on any atom is -0.478 e. The number of carbonyl (C=O) groups is 2. The smallest absolute Gasteiger partial charge is 0.336 e. The summed E-state index contributed by atoms with van der Waals surface area (Å²) in [5, 5.41) is 17.6. The first-order chi connectivity index (χ1) is 6.93. The first-order valence-electron chi connectivity index (χ1n) is 4.20. The normalized spacial score (nSPS) is 9.67. The highest BCUT2D eigenvalue weighted by Crippen LogP contribution is 2.19. The molecule has 0 aliphatic carbocycles. The summed E-state index contributed by atoms with van der Waals surface area (Å²) in [6.07, 6.45) is 0. The van der Waals surface area contributed by atoms with Crippen molar-refractivity contribution < 1.29 is 19.8 Å². The van der Waals surface area contributed by atoms with Gasteiger partial charge in [-0.25, -0.2) is 9.59 Å². The predicted molar refractivity (Wildman–Crippen MR) is 55.1 cm³/mol. The van der Waals surface area contributed by atoms with Gasteiger partial charge in [0.15, 0.2) is 0 Å². The lowest BCUT2D eigenvalue weighted by Gasteiger charge is -2.06. The molecule has 15 heavy (non-hydrogen) atoms. The van der Waals surface area contributed by atoms with Crippen molar-refractivity contribution in [3.8, 4) is 0 Å². The Morgan fingerprint density at radius 1 is 1.13 bits per heavy atom. The molecule has 0 bridgehead atoms. The van der Waals surface area contributed by atoms with Crippen LogP contribution < -0.4 is 0 Å². The Kier molecular flexibility index (Phi) is 2.90. The summed E-state index contributed by atoms with van der Waals surface area (Å²) < 4.78 is 0. The quantitative estimate of drug-likeness (QED) is 0.794. The number of carboxylic acid groups (broad SMARTS) is 2. The third-order valence-electron chi connectivity index (χ3n) is 1.96. The third kappa shape index (κ3) is 2.22. The number of hydrogen-bond donors (Lipinski definition) is 2. The Hall–Kier alpha value is -2.10. The van der Waals surface area contributed by atoms with E-state index in [-0.39, 0.29) is 11.1 Å². The molecule has 1 aromatic rings. The van der Waals surface area contributed by atoms with Crippen molar-refractivity contribution in [2.24, 2.45) is 0 Å². The van der Waals surface area contributed by atoms with Crippen LogP contribution in [0.2, 0.25) is 0 Å². The van der Waals surface area contributed by atoms with Crippen LogP contribution in [0.1, 0.15) is 33.2 Å². The van der Waals surface area contributed by atoms with Crippen LogP contribution >= 0.6 is 0 Å². The van der Waals surface area contributed by atoms with E-state index in [9.17, 15) is 9.59 Å². The van der Waals surface area contributed by atoms with Gasteiger partial charge in [-0.3, -0.25) is 0 Å². The number of benzene rings is 1. The fourth-order valence-corrected chi connectivity index (χ4v) is 1.22. The van der Waals surface area contributed by atoms with Gasteiger partial charge in [0.2, 0.25) is 0 Å². The molecule has 0 amide bonds. The molecule has 0 fully saturated rings. The fraction of sp³-hybridized carbons (Fsp3) is 0.0909. The average Bonchev–Trinajstić information content (AvgIpc) is 2.16. The van der Waals surface area contributed by atoms with Gasteiger partial charge in [-0.1, -0.05) is 12.2 Å². The zero-order valence-corrected chi connectivity index (χ0v) is 8.15. The molecule has 0 aliphatic rings. The zero-order valence-electron chi connectivity index (χ0n) is 8.15. The minimum absolute atomic E-state index is 0.0537. The van der Waals surface area contributed by atoms with E-state index in [2.05, 4.69) is 6.58 Å². The molecule has 78 valence electrons. The van der Waals surface area contributed by atoms with Gasteiger partial charge < -0.3 is 10.2 Å². The summed E-state index contributed by atoms with van der Waals surface area (Å²) in [5.41, 5.74) is 0.989. The summed E-state index contributed by atoms with van der Waals surface area (Å²) >= 11 is 0. The molecule has 4 heteroatoms. The van der Waals surface area contributed by atoms with Crippen molar-refractivity contribution in [1.82, 2.24) is 0 Å². The topological polar surface area (TPSA) is 74.6 Å². The Morgan fingerprint density at radius 3 is 2.13 bits per heavy atom. The Morgan fingerprint density at radius 2 is 1.73 bits per heavy atom. The lowest BCUT2D eigenvalue weighted by molar-refractivity contribution is 0.0681.